The lowest BCUT2D eigenvalue weighted by atomic mass is 9.86. The number of hydrogen-bond donors (Lipinski definition) is 1. The average molecular weight is 655 g/mol. The van der Waals surface area contributed by atoms with E-state index >= 15 is 0 Å². The van der Waals surface area contributed by atoms with Gasteiger partial charge < -0.3 is 29.0 Å². The van der Waals surface area contributed by atoms with Gasteiger partial charge in [0, 0.05) is 31.9 Å². The normalized spacial score (nSPS) is 19.8. The molecule has 0 saturated carbocycles. The third-order valence-electron chi connectivity index (χ3n) is 7.92. The molecule has 1 amide bonds. The lowest BCUT2D eigenvalue weighted by Gasteiger charge is -2.31. The van der Waals surface area contributed by atoms with Crippen LogP contribution < -0.4 is 14.8 Å². The van der Waals surface area contributed by atoms with E-state index in [4.69, 9.17) is 23.7 Å². The first-order valence-electron chi connectivity index (χ1n) is 15.6. The van der Waals surface area contributed by atoms with Gasteiger partial charge in [0.05, 0.1) is 13.2 Å². The minimum atomic E-state index is -1.04. The number of cyclic esters (lactones) is 1. The fourth-order valence-corrected chi connectivity index (χ4v) is 5.60. The van der Waals surface area contributed by atoms with Crippen molar-refractivity contribution in [1.82, 2.24) is 10.3 Å². The molecule has 0 bridgehead atoms. The molecule has 47 heavy (non-hydrogen) atoms. The number of methoxy groups -OCH3 is 1. The molecule has 2 heterocycles. The fourth-order valence-electron chi connectivity index (χ4n) is 5.60. The van der Waals surface area contributed by atoms with Gasteiger partial charge in [-0.1, -0.05) is 42.8 Å². The lowest BCUT2D eigenvalue weighted by Crippen LogP contribution is -2.45. The lowest BCUT2D eigenvalue weighted by molar-refractivity contribution is -0.161. The van der Waals surface area contributed by atoms with Crippen LogP contribution in [-0.4, -0.2) is 61.6 Å². The summed E-state index contributed by atoms with van der Waals surface area (Å²) in [5.41, 5.74) is 1.32. The highest BCUT2D eigenvalue weighted by Crippen LogP contribution is 2.31. The number of esters is 2. The van der Waals surface area contributed by atoms with E-state index in [0.29, 0.717) is 31.4 Å². The predicted molar refractivity (Wildman–Crippen MR) is 167 cm³/mol. The van der Waals surface area contributed by atoms with Crippen LogP contribution in [0, 0.1) is 17.6 Å². The molecule has 1 saturated heterocycles. The monoisotopic (exact) mass is 654 g/mol. The van der Waals surface area contributed by atoms with Gasteiger partial charge in [-0.3, -0.25) is 9.59 Å². The highest BCUT2D eigenvalue weighted by molar-refractivity contribution is 5.98. The molecule has 12 heteroatoms. The summed E-state index contributed by atoms with van der Waals surface area (Å²) in [6.07, 6.45) is 2.95. The summed E-state index contributed by atoms with van der Waals surface area (Å²) in [5, 5.41) is 2.70. The zero-order valence-corrected chi connectivity index (χ0v) is 26.7. The number of amides is 1. The predicted octanol–water partition coefficient (Wildman–Crippen LogP) is 5.36. The standard InChI is InChI=1S/C35H40F2N2O8/c1-22-32(44-18-8-11-24-9-5-4-6-10-24)26(19-25-14-15-27(36)20-28(25)37)12-7-13-29(35(42)47-22)39-34(41)31-33(46-21-45-23(2)40)30(43-3)16-17-38-31/h4-6,9-10,14-17,20,22,26,29,32H,7-8,11-13,18-19,21H2,1-3H3,(H,39,41). The molecule has 4 atom stereocenters. The van der Waals surface area contributed by atoms with Gasteiger partial charge in [0.2, 0.25) is 6.79 Å². The van der Waals surface area contributed by atoms with E-state index in [0.717, 1.165) is 12.5 Å². The van der Waals surface area contributed by atoms with Crippen LogP contribution in [-0.2, 0) is 36.6 Å². The van der Waals surface area contributed by atoms with Crippen molar-refractivity contribution in [3.05, 3.63) is 89.2 Å². The summed E-state index contributed by atoms with van der Waals surface area (Å²) in [5.74, 6) is -3.46. The summed E-state index contributed by atoms with van der Waals surface area (Å²) < 4.78 is 56.2. The quantitative estimate of drug-likeness (QED) is 0.148. The van der Waals surface area contributed by atoms with Crippen LogP contribution in [0.4, 0.5) is 8.78 Å². The molecule has 0 radical (unpaired) electrons. The number of nitrogens with one attached hydrogen (secondary N) is 1. The molecule has 4 unspecified atom stereocenters. The van der Waals surface area contributed by atoms with E-state index in [1.165, 1.54) is 44.0 Å². The maximum atomic E-state index is 14.8. The molecule has 2 aromatic carbocycles. The first-order valence-corrected chi connectivity index (χ1v) is 15.6. The van der Waals surface area contributed by atoms with Crippen molar-refractivity contribution < 1.29 is 46.8 Å². The SMILES string of the molecule is COc1ccnc(C(=O)NC2CCCC(Cc3ccc(F)cc3F)C(OCCCc3ccccc3)C(C)OC2=O)c1OCOC(C)=O. The van der Waals surface area contributed by atoms with Gasteiger partial charge in [0.15, 0.2) is 17.2 Å². The second-order valence-corrected chi connectivity index (χ2v) is 11.3. The van der Waals surface area contributed by atoms with Crippen molar-refractivity contribution in [3.63, 3.8) is 0 Å². The summed E-state index contributed by atoms with van der Waals surface area (Å²) in [6.45, 7) is 2.82. The van der Waals surface area contributed by atoms with Gasteiger partial charge in [-0.05, 0) is 62.1 Å². The van der Waals surface area contributed by atoms with E-state index in [1.54, 1.807) is 6.92 Å². The molecule has 0 aliphatic carbocycles. The number of rotatable bonds is 13. The number of ether oxygens (including phenoxy) is 5. The smallest absolute Gasteiger partial charge is 0.329 e. The number of halogens is 2. The molecule has 4 rings (SSSR count). The molecule has 0 spiro atoms. The zero-order valence-electron chi connectivity index (χ0n) is 26.7. The Morgan fingerprint density at radius 2 is 1.87 bits per heavy atom. The second kappa shape index (κ2) is 17.4. The van der Waals surface area contributed by atoms with Gasteiger partial charge in [-0.2, -0.15) is 0 Å². The third kappa shape index (κ3) is 10.2. The van der Waals surface area contributed by atoms with Crippen LogP contribution in [0.1, 0.15) is 61.1 Å². The average Bonchev–Trinajstić information content (AvgIpc) is 3.09. The summed E-state index contributed by atoms with van der Waals surface area (Å²) in [7, 11) is 1.38. The van der Waals surface area contributed by atoms with Crippen molar-refractivity contribution >= 4 is 17.8 Å². The van der Waals surface area contributed by atoms with Crippen molar-refractivity contribution in [1.29, 1.82) is 0 Å². The Morgan fingerprint density at radius 1 is 1.09 bits per heavy atom. The highest BCUT2D eigenvalue weighted by atomic mass is 19.1. The van der Waals surface area contributed by atoms with Crippen LogP contribution in [0.25, 0.3) is 0 Å². The molecule has 1 N–H and O–H groups in total. The molecule has 252 valence electrons. The van der Waals surface area contributed by atoms with Crippen LogP contribution in [0.5, 0.6) is 11.5 Å². The molecule has 1 fully saturated rings. The topological polar surface area (TPSA) is 122 Å². The molecule has 10 nitrogen and oxygen atoms in total. The van der Waals surface area contributed by atoms with Crippen LogP contribution in [0.3, 0.4) is 0 Å². The number of hydrogen-bond acceptors (Lipinski definition) is 9. The van der Waals surface area contributed by atoms with E-state index in [9.17, 15) is 23.2 Å². The van der Waals surface area contributed by atoms with E-state index < -0.39 is 54.5 Å². The Labute approximate surface area is 272 Å². The fraction of sp³-hybridized carbons (Fsp3) is 0.429. The van der Waals surface area contributed by atoms with Crippen molar-refractivity contribution in [3.8, 4) is 11.5 Å². The van der Waals surface area contributed by atoms with Crippen LogP contribution in [0.15, 0.2) is 60.8 Å². The van der Waals surface area contributed by atoms with Gasteiger partial charge >= 0.3 is 11.9 Å². The van der Waals surface area contributed by atoms with Crippen LogP contribution in [0.2, 0.25) is 0 Å². The van der Waals surface area contributed by atoms with Gasteiger partial charge in [0.25, 0.3) is 5.91 Å². The number of pyridine rings is 1. The first kappa shape index (κ1) is 35.3. The largest absolute Gasteiger partial charge is 0.493 e. The Balaban J connectivity index is 1.50. The molecular formula is C35H40F2N2O8. The van der Waals surface area contributed by atoms with E-state index in [-0.39, 0.29) is 36.0 Å². The molecule has 3 aromatic rings. The summed E-state index contributed by atoms with van der Waals surface area (Å²) >= 11 is 0. The number of benzene rings is 2. The van der Waals surface area contributed by atoms with Gasteiger partial charge in [-0.25, -0.2) is 18.6 Å². The molecule has 1 aliphatic heterocycles. The third-order valence-corrected chi connectivity index (χ3v) is 7.92. The number of aromatic nitrogens is 1. The van der Waals surface area contributed by atoms with Gasteiger partial charge in [-0.15, -0.1) is 0 Å². The van der Waals surface area contributed by atoms with Crippen molar-refractivity contribution in [2.45, 2.75) is 70.6 Å². The molecule has 1 aromatic heterocycles. The van der Waals surface area contributed by atoms with Crippen molar-refractivity contribution in [2.24, 2.45) is 5.92 Å². The Morgan fingerprint density at radius 3 is 2.60 bits per heavy atom. The maximum Gasteiger partial charge on any atom is 0.329 e. The zero-order chi connectivity index (χ0) is 33.8. The van der Waals surface area contributed by atoms with E-state index in [2.05, 4.69) is 10.3 Å². The van der Waals surface area contributed by atoms with Crippen molar-refractivity contribution in [2.75, 3.05) is 20.5 Å². The first-order chi connectivity index (χ1) is 22.7. The summed E-state index contributed by atoms with van der Waals surface area (Å²) in [6, 6.07) is 13.9. The molecular weight excluding hydrogens is 614 g/mol. The van der Waals surface area contributed by atoms with Gasteiger partial charge in [0.1, 0.15) is 23.8 Å². The number of nitrogens with zero attached hydrogens (tertiary/aromatic N) is 1. The van der Waals surface area contributed by atoms with Crippen LogP contribution >= 0.6 is 0 Å². The minimum Gasteiger partial charge on any atom is -0.493 e. The molecule has 1 aliphatic rings. The highest BCUT2D eigenvalue weighted by Gasteiger charge is 2.36. The van der Waals surface area contributed by atoms with E-state index in [1.807, 2.05) is 30.3 Å². The minimum absolute atomic E-state index is 0.0658. The Kier molecular flexibility index (Phi) is 13.0. The Bertz CT molecular complexity index is 1510. The number of carbonyl (C=O) groups excluding carboxylic acids is 3. The summed E-state index contributed by atoms with van der Waals surface area (Å²) in [4.78, 5) is 42.2. The second-order valence-electron chi connectivity index (χ2n) is 11.3. The Hall–Kier alpha value is -4.58. The number of aryl methyl sites for hydroxylation is 1. The number of carbonyl (C=O) groups is 3. The maximum absolute atomic E-state index is 14.8.